The molecule has 6 heteroatoms. The quantitative estimate of drug-likeness (QED) is 0.148. The number of rotatable bonds is 9. The average molecular weight is 723 g/mol. The molecule has 0 radical (unpaired) electrons. The molecule has 0 bridgehead atoms. The molecular formula is C50H34N4O2. The van der Waals surface area contributed by atoms with Gasteiger partial charge in [-0.2, -0.15) is 0 Å². The number of oxazole rings is 2. The van der Waals surface area contributed by atoms with Crippen molar-refractivity contribution in [3.63, 3.8) is 0 Å². The summed E-state index contributed by atoms with van der Waals surface area (Å²) in [6.45, 7) is 0. The zero-order valence-electron chi connectivity index (χ0n) is 30.2. The van der Waals surface area contributed by atoms with Gasteiger partial charge in [0.25, 0.3) is 0 Å². The van der Waals surface area contributed by atoms with Crippen molar-refractivity contribution in [3.8, 4) is 34.0 Å². The van der Waals surface area contributed by atoms with Gasteiger partial charge in [0.2, 0.25) is 11.8 Å². The molecule has 0 fully saturated rings. The first-order valence-corrected chi connectivity index (χ1v) is 18.6. The van der Waals surface area contributed by atoms with E-state index in [1.54, 1.807) is 0 Å². The minimum atomic E-state index is 0.565. The van der Waals surface area contributed by atoms with Gasteiger partial charge in [-0.05, 0) is 120 Å². The molecule has 0 spiro atoms. The van der Waals surface area contributed by atoms with Crippen LogP contribution in [0.3, 0.4) is 0 Å². The van der Waals surface area contributed by atoms with Crippen LogP contribution in [0.15, 0.2) is 215 Å². The Kier molecular flexibility index (Phi) is 8.39. The first-order valence-electron chi connectivity index (χ1n) is 18.6. The molecule has 0 aliphatic rings. The van der Waals surface area contributed by atoms with E-state index in [-0.39, 0.29) is 0 Å². The van der Waals surface area contributed by atoms with Crippen LogP contribution in [-0.4, -0.2) is 9.97 Å². The van der Waals surface area contributed by atoms with E-state index in [2.05, 4.69) is 143 Å². The Bertz CT molecular complexity index is 2640. The molecule has 0 saturated heterocycles. The van der Waals surface area contributed by atoms with Gasteiger partial charge in [0, 0.05) is 45.3 Å². The van der Waals surface area contributed by atoms with Crippen molar-refractivity contribution in [2.75, 3.05) is 9.80 Å². The maximum atomic E-state index is 6.44. The van der Waals surface area contributed by atoms with Crippen LogP contribution in [0.5, 0.6) is 0 Å². The largest absolute Gasteiger partial charge is 0.436 e. The topological polar surface area (TPSA) is 58.5 Å². The summed E-state index contributed by atoms with van der Waals surface area (Å²) in [5, 5.41) is 0. The van der Waals surface area contributed by atoms with Gasteiger partial charge < -0.3 is 18.6 Å². The minimum absolute atomic E-state index is 0.565. The molecule has 2 heterocycles. The fourth-order valence-electron chi connectivity index (χ4n) is 7.21. The van der Waals surface area contributed by atoms with Crippen LogP contribution in [0.2, 0.25) is 0 Å². The van der Waals surface area contributed by atoms with E-state index in [4.69, 9.17) is 18.8 Å². The second kappa shape index (κ2) is 14.3. The molecule has 8 aromatic carbocycles. The van der Waals surface area contributed by atoms with E-state index in [0.717, 1.165) is 67.4 Å². The van der Waals surface area contributed by atoms with Gasteiger partial charge in [-0.25, -0.2) is 9.97 Å². The van der Waals surface area contributed by atoms with Crippen LogP contribution in [0, 0.1) is 0 Å². The van der Waals surface area contributed by atoms with Crippen LogP contribution >= 0.6 is 0 Å². The van der Waals surface area contributed by atoms with E-state index in [1.165, 1.54) is 0 Å². The fourth-order valence-corrected chi connectivity index (χ4v) is 7.21. The molecule has 10 aromatic rings. The Labute approximate surface area is 324 Å². The molecule has 56 heavy (non-hydrogen) atoms. The summed E-state index contributed by atoms with van der Waals surface area (Å²) in [6, 6.07) is 70.3. The monoisotopic (exact) mass is 722 g/mol. The lowest BCUT2D eigenvalue weighted by atomic mass is 10.1. The van der Waals surface area contributed by atoms with E-state index >= 15 is 0 Å². The zero-order valence-corrected chi connectivity index (χ0v) is 30.2. The molecule has 0 amide bonds. The second-order valence-electron chi connectivity index (χ2n) is 13.5. The molecule has 0 aliphatic heterocycles. The summed E-state index contributed by atoms with van der Waals surface area (Å²) < 4.78 is 12.9. The lowest BCUT2D eigenvalue weighted by Crippen LogP contribution is -2.09. The Morgan fingerprint density at radius 1 is 0.286 bits per heavy atom. The third kappa shape index (κ3) is 6.35. The molecule has 10 rings (SSSR count). The van der Waals surface area contributed by atoms with Crippen LogP contribution in [0.1, 0.15) is 0 Å². The number of aromatic nitrogens is 2. The van der Waals surface area contributed by atoms with E-state index in [1.807, 2.05) is 72.8 Å². The average Bonchev–Trinajstić information content (AvgIpc) is 3.90. The van der Waals surface area contributed by atoms with Gasteiger partial charge in [-0.1, -0.05) is 97.1 Å². The Morgan fingerprint density at radius 3 is 0.982 bits per heavy atom. The van der Waals surface area contributed by atoms with Gasteiger partial charge in [0.05, 0.1) is 0 Å². The van der Waals surface area contributed by atoms with Gasteiger partial charge in [0.15, 0.2) is 11.2 Å². The van der Waals surface area contributed by atoms with E-state index in [9.17, 15) is 0 Å². The molecule has 0 saturated carbocycles. The van der Waals surface area contributed by atoms with Crippen molar-refractivity contribution in [2.45, 2.75) is 0 Å². The molecule has 0 N–H and O–H groups in total. The third-order valence-corrected chi connectivity index (χ3v) is 9.87. The van der Waals surface area contributed by atoms with Gasteiger partial charge >= 0.3 is 0 Å². The molecule has 266 valence electrons. The number of hydrogen-bond donors (Lipinski definition) is 0. The number of nitrogens with zero attached hydrogens (tertiary/aromatic N) is 4. The van der Waals surface area contributed by atoms with Crippen LogP contribution in [0.4, 0.5) is 34.1 Å². The van der Waals surface area contributed by atoms with Crippen molar-refractivity contribution >= 4 is 56.3 Å². The second-order valence-corrected chi connectivity index (χ2v) is 13.5. The highest BCUT2D eigenvalue weighted by molar-refractivity contribution is 5.88. The Morgan fingerprint density at radius 2 is 0.625 bits per heavy atom. The number of hydrogen-bond acceptors (Lipinski definition) is 6. The van der Waals surface area contributed by atoms with Crippen molar-refractivity contribution in [1.29, 1.82) is 0 Å². The first kappa shape index (κ1) is 32.9. The van der Waals surface area contributed by atoms with Gasteiger partial charge in [-0.3, -0.25) is 0 Å². The number of para-hydroxylation sites is 4. The number of benzene rings is 8. The Hall–Kier alpha value is -7.70. The summed E-state index contributed by atoms with van der Waals surface area (Å²) in [7, 11) is 0. The first-order chi connectivity index (χ1) is 27.7. The minimum Gasteiger partial charge on any atom is -0.436 e. The Balaban J connectivity index is 0.952. The summed E-state index contributed by atoms with van der Waals surface area (Å²) in [5.41, 5.74) is 13.1. The SMILES string of the molecule is c1ccc(N(c2ccccc2)c2cccc(-c3nc4ccc(-c5ccc6nc(-c7cccc(N(c8ccccc8)c8ccccc8)c7)oc6c5)cc4o3)c2)cc1. The third-order valence-electron chi connectivity index (χ3n) is 9.87. The maximum absolute atomic E-state index is 6.44. The van der Waals surface area contributed by atoms with Crippen molar-refractivity contribution in [2.24, 2.45) is 0 Å². The smallest absolute Gasteiger partial charge is 0.227 e. The van der Waals surface area contributed by atoms with Gasteiger partial charge in [0.1, 0.15) is 11.0 Å². The molecule has 0 atom stereocenters. The predicted molar refractivity (Wildman–Crippen MR) is 227 cm³/mol. The highest BCUT2D eigenvalue weighted by atomic mass is 16.4. The van der Waals surface area contributed by atoms with E-state index < -0.39 is 0 Å². The predicted octanol–water partition coefficient (Wildman–Crippen LogP) is 13.9. The normalized spacial score (nSPS) is 11.2. The molecule has 0 aliphatic carbocycles. The molecule has 0 unspecified atom stereocenters. The highest BCUT2D eigenvalue weighted by Gasteiger charge is 2.18. The van der Waals surface area contributed by atoms with Crippen molar-refractivity contribution in [1.82, 2.24) is 9.97 Å². The molecular weight excluding hydrogens is 689 g/mol. The van der Waals surface area contributed by atoms with Crippen molar-refractivity contribution in [3.05, 3.63) is 206 Å². The lowest BCUT2D eigenvalue weighted by Gasteiger charge is -2.25. The molecule has 2 aromatic heterocycles. The number of anilines is 6. The number of fused-ring (bicyclic) bond motifs is 2. The van der Waals surface area contributed by atoms with Crippen LogP contribution in [-0.2, 0) is 0 Å². The summed E-state index contributed by atoms with van der Waals surface area (Å²) >= 11 is 0. The zero-order chi connectivity index (χ0) is 37.3. The van der Waals surface area contributed by atoms with Gasteiger partial charge in [-0.15, -0.1) is 0 Å². The molecule has 6 nitrogen and oxygen atoms in total. The van der Waals surface area contributed by atoms with Crippen molar-refractivity contribution < 1.29 is 8.83 Å². The highest BCUT2D eigenvalue weighted by Crippen LogP contribution is 2.39. The van der Waals surface area contributed by atoms with E-state index in [0.29, 0.717) is 22.9 Å². The van der Waals surface area contributed by atoms with Crippen LogP contribution in [0.25, 0.3) is 56.2 Å². The maximum Gasteiger partial charge on any atom is 0.227 e. The lowest BCUT2D eigenvalue weighted by molar-refractivity contribution is 0.619. The fraction of sp³-hybridized carbons (Fsp3) is 0. The standard InChI is InChI=1S/C50H34N4O2/c1-5-17-39(18-6-1)53(40-19-7-2-8-20-40)43-25-13-15-37(31-43)49-51-45-29-27-35(33-47(45)55-49)36-28-30-46-48(34-36)56-50(52-46)38-16-14-26-44(32-38)54(41-21-9-3-10-22-41)42-23-11-4-12-24-42/h1-34H. The summed E-state index contributed by atoms with van der Waals surface area (Å²) in [4.78, 5) is 14.2. The van der Waals surface area contributed by atoms with Crippen LogP contribution < -0.4 is 9.80 Å². The summed E-state index contributed by atoms with van der Waals surface area (Å²) in [5.74, 6) is 1.13. The summed E-state index contributed by atoms with van der Waals surface area (Å²) in [6.07, 6.45) is 0.